The number of aromatic amines is 1. The second kappa shape index (κ2) is 4.61. The molecule has 0 unspecified atom stereocenters. The summed E-state index contributed by atoms with van der Waals surface area (Å²) in [6.45, 7) is 0.272. The summed E-state index contributed by atoms with van der Waals surface area (Å²) in [5, 5.41) is 9.06. The Hall–Kier alpha value is -2.15. The molecule has 7 heteroatoms. The molecule has 0 aliphatic heterocycles. The first-order valence-electron chi connectivity index (χ1n) is 5.27. The zero-order valence-corrected chi connectivity index (χ0v) is 9.66. The number of nitrogens with one attached hydrogen (secondary N) is 1. The van der Waals surface area contributed by atoms with Gasteiger partial charge in [-0.1, -0.05) is 0 Å². The molecular weight excluding hydrogens is 241 g/mol. The molecule has 2 aromatic heterocycles. The van der Waals surface area contributed by atoms with E-state index in [9.17, 15) is 9.18 Å². The minimum absolute atomic E-state index is 0.0180. The molecule has 18 heavy (non-hydrogen) atoms. The Morgan fingerprint density at radius 2 is 2.39 bits per heavy atom. The molecule has 0 aliphatic carbocycles. The number of H-pyrrole nitrogens is 1. The van der Waals surface area contributed by atoms with Crippen molar-refractivity contribution < 1.29 is 19.0 Å². The van der Waals surface area contributed by atoms with Gasteiger partial charge in [-0.05, 0) is 13.0 Å². The first kappa shape index (κ1) is 12.3. The second-order valence-corrected chi connectivity index (χ2v) is 3.70. The normalized spacial score (nSPS) is 10.8. The van der Waals surface area contributed by atoms with Gasteiger partial charge < -0.3 is 20.6 Å². The van der Waals surface area contributed by atoms with Gasteiger partial charge in [0.2, 0.25) is 0 Å². The molecule has 0 saturated carbocycles. The number of nitrogens with two attached hydrogens (primary N) is 1. The largest absolute Gasteiger partial charge is 0.479 e. The molecule has 2 aromatic rings. The highest BCUT2D eigenvalue weighted by Gasteiger charge is 2.19. The summed E-state index contributed by atoms with van der Waals surface area (Å²) in [5.41, 5.74) is 6.56. The number of ether oxygens (including phenoxy) is 1. The van der Waals surface area contributed by atoms with E-state index in [1.807, 2.05) is 0 Å². The van der Waals surface area contributed by atoms with Gasteiger partial charge in [-0.25, -0.2) is 14.2 Å². The molecule has 2 rings (SSSR count). The maximum atomic E-state index is 13.5. The Morgan fingerprint density at radius 1 is 1.67 bits per heavy atom. The van der Waals surface area contributed by atoms with E-state index in [0.29, 0.717) is 23.0 Å². The van der Waals surface area contributed by atoms with Gasteiger partial charge in [-0.15, -0.1) is 0 Å². The molecule has 0 saturated heterocycles. The number of pyridine rings is 1. The third-order valence-corrected chi connectivity index (χ3v) is 2.59. The van der Waals surface area contributed by atoms with Gasteiger partial charge in [0.05, 0.1) is 18.1 Å². The van der Waals surface area contributed by atoms with E-state index < -0.39 is 11.8 Å². The van der Waals surface area contributed by atoms with Crippen LogP contribution in [-0.4, -0.2) is 34.7 Å². The van der Waals surface area contributed by atoms with E-state index in [4.69, 9.17) is 15.6 Å². The molecule has 4 N–H and O–H groups in total. The maximum Gasteiger partial charge on any atom is 0.352 e. The molecule has 0 radical (unpaired) electrons. The van der Waals surface area contributed by atoms with Crippen molar-refractivity contribution >= 4 is 17.0 Å². The third-order valence-electron chi connectivity index (χ3n) is 2.59. The Kier molecular flexibility index (Phi) is 3.15. The summed E-state index contributed by atoms with van der Waals surface area (Å²) >= 11 is 0. The van der Waals surface area contributed by atoms with Crippen LogP contribution in [-0.2, 0) is 6.42 Å². The van der Waals surface area contributed by atoms with Crippen LogP contribution in [0.25, 0.3) is 11.0 Å². The Labute approximate surface area is 102 Å². The maximum absolute atomic E-state index is 13.5. The number of nitrogens with zero attached hydrogens (tertiary/aromatic N) is 1. The number of fused-ring (bicyclic) bond motifs is 1. The van der Waals surface area contributed by atoms with E-state index >= 15 is 0 Å². The first-order valence-corrected chi connectivity index (χ1v) is 5.27. The predicted octanol–water partition coefficient (Wildman–Crippen LogP) is 0.910. The second-order valence-electron chi connectivity index (χ2n) is 3.70. The standard InChI is InChI=1S/C11H12FN3O3/c1-18-10-6(12)4-7-8(15-10)5(2-3-13)9(14-7)11(16)17/h4,14H,2-3,13H2,1H3,(H,16,17). The van der Waals surface area contributed by atoms with Crippen LogP contribution in [0.2, 0.25) is 0 Å². The number of hydrogen-bond acceptors (Lipinski definition) is 4. The summed E-state index contributed by atoms with van der Waals surface area (Å²) < 4.78 is 18.2. The minimum Gasteiger partial charge on any atom is -0.479 e. The highest BCUT2D eigenvalue weighted by Crippen LogP contribution is 2.26. The first-order chi connectivity index (χ1) is 8.58. The van der Waals surface area contributed by atoms with Crippen molar-refractivity contribution in [3.05, 3.63) is 23.1 Å². The SMILES string of the molecule is COc1nc2c(CCN)c(C(=O)O)[nH]c2cc1F. The Balaban J connectivity index is 2.73. The van der Waals surface area contributed by atoms with E-state index in [0.717, 1.165) is 6.07 Å². The van der Waals surface area contributed by atoms with Crippen molar-refractivity contribution in [3.63, 3.8) is 0 Å². The highest BCUT2D eigenvalue weighted by molar-refractivity contribution is 5.96. The van der Waals surface area contributed by atoms with Crippen LogP contribution >= 0.6 is 0 Å². The quantitative estimate of drug-likeness (QED) is 0.751. The predicted molar refractivity (Wildman–Crippen MR) is 62.3 cm³/mol. The lowest BCUT2D eigenvalue weighted by atomic mass is 10.1. The smallest absolute Gasteiger partial charge is 0.352 e. The lowest BCUT2D eigenvalue weighted by Crippen LogP contribution is -2.08. The number of carboxylic acid groups (broad SMARTS) is 1. The minimum atomic E-state index is -1.13. The highest BCUT2D eigenvalue weighted by atomic mass is 19.1. The molecule has 0 atom stereocenters. The number of hydrogen-bond donors (Lipinski definition) is 3. The van der Waals surface area contributed by atoms with Crippen molar-refractivity contribution in [2.45, 2.75) is 6.42 Å². The molecule has 0 fully saturated rings. The van der Waals surface area contributed by atoms with Crippen molar-refractivity contribution in [2.24, 2.45) is 5.73 Å². The monoisotopic (exact) mass is 253 g/mol. The summed E-state index contributed by atoms with van der Waals surface area (Å²) in [4.78, 5) is 17.7. The molecule has 0 amide bonds. The van der Waals surface area contributed by atoms with E-state index in [1.54, 1.807) is 0 Å². The zero-order chi connectivity index (χ0) is 13.3. The number of aromatic nitrogens is 2. The van der Waals surface area contributed by atoms with Crippen LogP contribution in [0.1, 0.15) is 16.1 Å². The number of aromatic carboxylic acids is 1. The fourth-order valence-electron chi connectivity index (χ4n) is 1.84. The average molecular weight is 253 g/mol. The molecule has 0 aliphatic rings. The summed E-state index contributed by atoms with van der Waals surface area (Å²) in [7, 11) is 1.30. The number of carboxylic acids is 1. The van der Waals surface area contributed by atoms with Gasteiger partial charge in [0.25, 0.3) is 5.88 Å². The molecule has 6 nitrogen and oxygen atoms in total. The summed E-state index contributed by atoms with van der Waals surface area (Å²) in [6.07, 6.45) is 0.337. The Morgan fingerprint density at radius 3 is 2.94 bits per heavy atom. The van der Waals surface area contributed by atoms with Gasteiger partial charge in [-0.3, -0.25) is 0 Å². The van der Waals surface area contributed by atoms with E-state index in [1.165, 1.54) is 7.11 Å². The van der Waals surface area contributed by atoms with E-state index in [-0.39, 0.29) is 18.1 Å². The topological polar surface area (TPSA) is 101 Å². The molecule has 96 valence electrons. The average Bonchev–Trinajstić information content (AvgIpc) is 2.67. The van der Waals surface area contributed by atoms with Crippen LogP contribution < -0.4 is 10.5 Å². The van der Waals surface area contributed by atoms with Gasteiger partial charge in [0.15, 0.2) is 5.82 Å². The van der Waals surface area contributed by atoms with Crippen molar-refractivity contribution in [1.82, 2.24) is 9.97 Å². The third kappa shape index (κ3) is 1.88. The van der Waals surface area contributed by atoms with Crippen LogP contribution in [0.15, 0.2) is 6.07 Å². The van der Waals surface area contributed by atoms with Crippen LogP contribution in [0.3, 0.4) is 0 Å². The number of halogens is 1. The molecule has 0 aromatic carbocycles. The number of rotatable bonds is 4. The fourth-order valence-corrected chi connectivity index (χ4v) is 1.84. The number of methoxy groups -OCH3 is 1. The van der Waals surface area contributed by atoms with Crippen LogP contribution in [0, 0.1) is 5.82 Å². The Bertz CT molecular complexity index is 609. The lowest BCUT2D eigenvalue weighted by molar-refractivity contribution is 0.0690. The number of carbonyl (C=O) groups is 1. The van der Waals surface area contributed by atoms with Gasteiger partial charge >= 0.3 is 5.97 Å². The molecule has 2 heterocycles. The zero-order valence-electron chi connectivity index (χ0n) is 9.66. The van der Waals surface area contributed by atoms with Gasteiger partial charge in [-0.2, -0.15) is 0 Å². The van der Waals surface area contributed by atoms with Gasteiger partial charge in [0.1, 0.15) is 5.69 Å². The fraction of sp³-hybridized carbons (Fsp3) is 0.273. The summed E-state index contributed by atoms with van der Waals surface area (Å²) in [6, 6.07) is 1.16. The lowest BCUT2D eigenvalue weighted by Gasteiger charge is -2.02. The van der Waals surface area contributed by atoms with Crippen molar-refractivity contribution in [2.75, 3.05) is 13.7 Å². The van der Waals surface area contributed by atoms with E-state index in [2.05, 4.69) is 9.97 Å². The molecule has 0 spiro atoms. The molecule has 0 bridgehead atoms. The van der Waals surface area contributed by atoms with Crippen LogP contribution in [0.4, 0.5) is 4.39 Å². The van der Waals surface area contributed by atoms with Crippen LogP contribution in [0.5, 0.6) is 5.88 Å². The van der Waals surface area contributed by atoms with Crippen molar-refractivity contribution in [1.29, 1.82) is 0 Å². The van der Waals surface area contributed by atoms with Crippen molar-refractivity contribution in [3.8, 4) is 5.88 Å². The molecular formula is C11H12FN3O3. The van der Waals surface area contributed by atoms with Gasteiger partial charge in [0, 0.05) is 11.6 Å². The summed E-state index contributed by atoms with van der Waals surface area (Å²) in [5.74, 6) is -1.95.